The molecule has 2 aromatic rings. The molecular formula is C11H15N3O. The highest BCUT2D eigenvalue weighted by molar-refractivity contribution is 5.14. The molecule has 0 bridgehead atoms. The predicted molar refractivity (Wildman–Crippen MR) is 57.2 cm³/mol. The van der Waals surface area contributed by atoms with Gasteiger partial charge in [-0.15, -0.1) is 0 Å². The maximum absolute atomic E-state index is 5.32. The van der Waals surface area contributed by atoms with Crippen molar-refractivity contribution in [2.45, 2.75) is 20.0 Å². The van der Waals surface area contributed by atoms with E-state index in [1.807, 2.05) is 32.3 Å². The molecule has 2 rings (SSSR count). The average Bonchev–Trinajstić information content (AvgIpc) is 2.77. The van der Waals surface area contributed by atoms with E-state index >= 15 is 0 Å². The van der Waals surface area contributed by atoms with Crippen LogP contribution in [0.15, 0.2) is 29.0 Å². The number of hydrogen-bond donors (Lipinski definition) is 1. The molecule has 4 heteroatoms. The van der Waals surface area contributed by atoms with E-state index in [0.717, 1.165) is 24.5 Å². The van der Waals surface area contributed by atoms with E-state index in [1.54, 1.807) is 10.9 Å². The Labute approximate surface area is 88.9 Å². The molecule has 0 radical (unpaired) electrons. The van der Waals surface area contributed by atoms with Crippen molar-refractivity contribution in [2.75, 3.05) is 0 Å². The number of aryl methyl sites for hydroxylation is 2. The fraction of sp³-hybridized carbons (Fsp3) is 0.364. The molecule has 2 heterocycles. The summed E-state index contributed by atoms with van der Waals surface area (Å²) in [6.45, 7) is 3.55. The zero-order chi connectivity index (χ0) is 10.7. The first-order valence-electron chi connectivity index (χ1n) is 4.98. The van der Waals surface area contributed by atoms with E-state index in [9.17, 15) is 0 Å². The van der Waals surface area contributed by atoms with Crippen molar-refractivity contribution in [3.63, 3.8) is 0 Å². The summed E-state index contributed by atoms with van der Waals surface area (Å²) in [4.78, 5) is 0. The summed E-state index contributed by atoms with van der Waals surface area (Å²) in [5.41, 5.74) is 2.23. The molecule has 4 nitrogen and oxygen atoms in total. The minimum absolute atomic E-state index is 0.745. The Morgan fingerprint density at radius 3 is 2.87 bits per heavy atom. The quantitative estimate of drug-likeness (QED) is 0.824. The Kier molecular flexibility index (Phi) is 2.87. The van der Waals surface area contributed by atoms with Crippen LogP contribution in [-0.2, 0) is 20.1 Å². The van der Waals surface area contributed by atoms with E-state index < -0.39 is 0 Å². The van der Waals surface area contributed by atoms with E-state index in [2.05, 4.69) is 10.4 Å². The van der Waals surface area contributed by atoms with Gasteiger partial charge >= 0.3 is 0 Å². The standard InChI is InChI=1S/C11H15N3O/c1-9-4-6-15-11(9)8-12-7-10-3-5-14(2)13-10/h3-6,12H,7-8H2,1-2H3. The summed E-state index contributed by atoms with van der Waals surface area (Å²) < 4.78 is 7.12. The van der Waals surface area contributed by atoms with Crippen LogP contribution in [0.2, 0.25) is 0 Å². The van der Waals surface area contributed by atoms with Crippen LogP contribution >= 0.6 is 0 Å². The molecule has 0 unspecified atom stereocenters. The normalized spacial score (nSPS) is 10.8. The van der Waals surface area contributed by atoms with Gasteiger partial charge in [-0.05, 0) is 24.6 Å². The molecule has 0 spiro atoms. The second kappa shape index (κ2) is 4.31. The summed E-state index contributed by atoms with van der Waals surface area (Å²) >= 11 is 0. The molecule has 0 aliphatic rings. The van der Waals surface area contributed by atoms with Gasteiger partial charge in [0.1, 0.15) is 5.76 Å². The zero-order valence-corrected chi connectivity index (χ0v) is 9.03. The van der Waals surface area contributed by atoms with Crippen molar-refractivity contribution in [2.24, 2.45) is 7.05 Å². The maximum Gasteiger partial charge on any atom is 0.120 e. The first kappa shape index (κ1) is 9.98. The van der Waals surface area contributed by atoms with Crippen molar-refractivity contribution in [3.05, 3.63) is 41.6 Å². The van der Waals surface area contributed by atoms with Gasteiger partial charge in [0.15, 0.2) is 0 Å². The van der Waals surface area contributed by atoms with Crippen molar-refractivity contribution in [1.29, 1.82) is 0 Å². The molecule has 2 aromatic heterocycles. The first-order chi connectivity index (χ1) is 7.25. The Balaban J connectivity index is 1.83. The van der Waals surface area contributed by atoms with E-state index in [4.69, 9.17) is 4.42 Å². The molecule has 0 atom stereocenters. The fourth-order valence-electron chi connectivity index (χ4n) is 1.45. The van der Waals surface area contributed by atoms with E-state index in [-0.39, 0.29) is 0 Å². The molecular weight excluding hydrogens is 190 g/mol. The second-order valence-corrected chi connectivity index (χ2v) is 3.61. The molecule has 15 heavy (non-hydrogen) atoms. The lowest BCUT2D eigenvalue weighted by Gasteiger charge is -2.00. The minimum Gasteiger partial charge on any atom is -0.468 e. The summed E-state index contributed by atoms with van der Waals surface area (Å²) in [5.74, 6) is 0.992. The van der Waals surface area contributed by atoms with Crippen LogP contribution in [0.5, 0.6) is 0 Å². The van der Waals surface area contributed by atoms with Crippen molar-refractivity contribution >= 4 is 0 Å². The van der Waals surface area contributed by atoms with Gasteiger partial charge in [-0.2, -0.15) is 5.10 Å². The van der Waals surface area contributed by atoms with Crippen LogP contribution in [0, 0.1) is 6.92 Å². The topological polar surface area (TPSA) is 43.0 Å². The first-order valence-corrected chi connectivity index (χ1v) is 4.98. The minimum atomic E-state index is 0.745. The fourth-order valence-corrected chi connectivity index (χ4v) is 1.45. The second-order valence-electron chi connectivity index (χ2n) is 3.61. The van der Waals surface area contributed by atoms with E-state index in [0.29, 0.717) is 0 Å². The summed E-state index contributed by atoms with van der Waals surface area (Å²) in [6.07, 6.45) is 3.66. The van der Waals surface area contributed by atoms with Crippen LogP contribution in [0.25, 0.3) is 0 Å². The SMILES string of the molecule is Cc1ccoc1CNCc1ccn(C)n1. The number of hydrogen-bond acceptors (Lipinski definition) is 3. The molecule has 0 aromatic carbocycles. The summed E-state index contributed by atoms with van der Waals surface area (Å²) in [6, 6.07) is 3.97. The Morgan fingerprint density at radius 1 is 1.40 bits per heavy atom. The average molecular weight is 205 g/mol. The van der Waals surface area contributed by atoms with Gasteiger partial charge < -0.3 is 9.73 Å². The highest BCUT2D eigenvalue weighted by atomic mass is 16.3. The molecule has 0 fully saturated rings. The van der Waals surface area contributed by atoms with Gasteiger partial charge in [0.05, 0.1) is 18.5 Å². The zero-order valence-electron chi connectivity index (χ0n) is 9.03. The van der Waals surface area contributed by atoms with Gasteiger partial charge in [0.2, 0.25) is 0 Å². The maximum atomic E-state index is 5.32. The van der Waals surface area contributed by atoms with E-state index in [1.165, 1.54) is 5.56 Å². The predicted octanol–water partition coefficient (Wildman–Crippen LogP) is 1.61. The number of aromatic nitrogens is 2. The van der Waals surface area contributed by atoms with Crippen LogP contribution in [0.4, 0.5) is 0 Å². The molecule has 0 aliphatic heterocycles. The van der Waals surface area contributed by atoms with Gasteiger partial charge in [-0.3, -0.25) is 4.68 Å². The Hall–Kier alpha value is -1.55. The van der Waals surface area contributed by atoms with Gasteiger partial charge in [-0.25, -0.2) is 0 Å². The van der Waals surface area contributed by atoms with Gasteiger partial charge in [0, 0.05) is 19.8 Å². The molecule has 0 saturated carbocycles. The lowest BCUT2D eigenvalue weighted by atomic mass is 10.3. The van der Waals surface area contributed by atoms with Crippen LogP contribution < -0.4 is 5.32 Å². The van der Waals surface area contributed by atoms with Crippen molar-refractivity contribution in [1.82, 2.24) is 15.1 Å². The highest BCUT2D eigenvalue weighted by Crippen LogP contribution is 2.08. The monoisotopic (exact) mass is 205 g/mol. The number of furan rings is 1. The largest absolute Gasteiger partial charge is 0.468 e. The third-order valence-corrected chi connectivity index (χ3v) is 2.33. The van der Waals surface area contributed by atoms with Crippen LogP contribution in [-0.4, -0.2) is 9.78 Å². The van der Waals surface area contributed by atoms with Crippen LogP contribution in [0.3, 0.4) is 0 Å². The van der Waals surface area contributed by atoms with Crippen LogP contribution in [0.1, 0.15) is 17.0 Å². The molecule has 0 amide bonds. The smallest absolute Gasteiger partial charge is 0.120 e. The lowest BCUT2D eigenvalue weighted by molar-refractivity contribution is 0.478. The third kappa shape index (κ3) is 2.47. The number of nitrogens with zero attached hydrogens (tertiary/aromatic N) is 2. The highest BCUT2D eigenvalue weighted by Gasteiger charge is 2.01. The van der Waals surface area contributed by atoms with Gasteiger partial charge in [-0.1, -0.05) is 0 Å². The summed E-state index contributed by atoms with van der Waals surface area (Å²) in [7, 11) is 1.92. The van der Waals surface area contributed by atoms with Crippen molar-refractivity contribution in [3.8, 4) is 0 Å². The summed E-state index contributed by atoms with van der Waals surface area (Å²) in [5, 5.41) is 7.56. The molecule has 80 valence electrons. The molecule has 0 aliphatic carbocycles. The Bertz CT molecular complexity index is 430. The third-order valence-electron chi connectivity index (χ3n) is 2.33. The lowest BCUT2D eigenvalue weighted by Crippen LogP contribution is -2.13. The molecule has 0 saturated heterocycles. The van der Waals surface area contributed by atoms with Gasteiger partial charge in [0.25, 0.3) is 0 Å². The number of nitrogens with one attached hydrogen (secondary N) is 1. The molecule has 1 N–H and O–H groups in total. The number of rotatable bonds is 4. The Morgan fingerprint density at radius 2 is 2.27 bits per heavy atom. The van der Waals surface area contributed by atoms with Crippen molar-refractivity contribution < 1.29 is 4.42 Å².